The lowest BCUT2D eigenvalue weighted by atomic mass is 10.2. The number of likely N-dealkylation sites (tertiary alicyclic amines) is 1. The van der Waals surface area contributed by atoms with Crippen molar-refractivity contribution in [3.63, 3.8) is 0 Å². The zero-order valence-corrected chi connectivity index (χ0v) is 10.9. The topological polar surface area (TPSA) is 46.6 Å². The fourth-order valence-corrected chi connectivity index (χ4v) is 1.23. The number of alkyl halides is 1. The summed E-state index contributed by atoms with van der Waals surface area (Å²) in [6, 6.07) is 0. The zero-order valence-electron chi connectivity index (χ0n) is 10.2. The predicted molar refractivity (Wildman–Crippen MR) is 63.8 cm³/mol. The molecule has 1 aliphatic rings. The number of hydrogen-bond donors (Lipinski definition) is 0. The van der Waals surface area contributed by atoms with Crippen molar-refractivity contribution in [1.29, 1.82) is 0 Å². The number of hydrogen-bond acceptors (Lipinski definition) is 3. The Morgan fingerprint density at radius 3 is 2.12 bits per heavy atom. The second-order valence-electron chi connectivity index (χ2n) is 4.50. The van der Waals surface area contributed by atoms with Crippen LogP contribution in [0.3, 0.4) is 0 Å². The van der Waals surface area contributed by atoms with Crippen LogP contribution < -0.4 is 0 Å². The van der Waals surface area contributed by atoms with Crippen molar-refractivity contribution in [2.24, 2.45) is 0 Å². The van der Waals surface area contributed by atoms with E-state index in [0.29, 0.717) is 6.29 Å². The van der Waals surface area contributed by atoms with Crippen molar-refractivity contribution >= 4 is 24.0 Å². The van der Waals surface area contributed by atoms with Crippen LogP contribution in [-0.4, -0.2) is 41.8 Å². The standard InChI is InChI=1S/C9H17NO2.C2H3ClO/c1-9(2,3)12-8(11)10-6-4-5-7-10;3-1-2-4/h4-7H2,1-3H3;2H,1H2. The highest BCUT2D eigenvalue weighted by Gasteiger charge is 2.23. The second-order valence-corrected chi connectivity index (χ2v) is 4.80. The SMILES string of the molecule is CC(C)(C)OC(=O)N1CCCC1.O=CCCl. The average molecular weight is 250 g/mol. The van der Waals surface area contributed by atoms with Crippen molar-refractivity contribution in [3.8, 4) is 0 Å². The Balaban J connectivity index is 0.000000487. The minimum atomic E-state index is -0.361. The van der Waals surface area contributed by atoms with Crippen LogP contribution in [0, 0.1) is 0 Å². The van der Waals surface area contributed by atoms with Gasteiger partial charge in [-0.1, -0.05) is 0 Å². The van der Waals surface area contributed by atoms with Crippen LogP contribution in [-0.2, 0) is 9.53 Å². The Bertz CT molecular complexity index is 220. The van der Waals surface area contributed by atoms with E-state index in [1.807, 2.05) is 20.8 Å². The number of halogens is 1. The first kappa shape index (κ1) is 15.2. The summed E-state index contributed by atoms with van der Waals surface area (Å²) in [5.74, 6) is 0.111. The Labute approximate surface area is 102 Å². The van der Waals surface area contributed by atoms with Crippen LogP contribution >= 0.6 is 11.6 Å². The molecule has 0 atom stereocenters. The Morgan fingerprint density at radius 1 is 1.38 bits per heavy atom. The molecule has 94 valence electrons. The minimum Gasteiger partial charge on any atom is -0.444 e. The highest BCUT2D eigenvalue weighted by Crippen LogP contribution is 2.14. The van der Waals surface area contributed by atoms with E-state index in [-0.39, 0.29) is 17.6 Å². The number of nitrogens with zero attached hydrogens (tertiary/aromatic N) is 1. The molecular formula is C11H20ClNO3. The van der Waals surface area contributed by atoms with E-state index in [1.165, 1.54) is 0 Å². The van der Waals surface area contributed by atoms with Gasteiger partial charge in [0.1, 0.15) is 11.9 Å². The molecule has 1 amide bonds. The van der Waals surface area contributed by atoms with Crippen molar-refractivity contribution in [1.82, 2.24) is 4.90 Å². The normalized spacial score (nSPS) is 15.1. The molecular weight excluding hydrogens is 230 g/mol. The summed E-state index contributed by atoms with van der Waals surface area (Å²) < 4.78 is 5.21. The van der Waals surface area contributed by atoms with E-state index < -0.39 is 0 Å². The Kier molecular flexibility index (Phi) is 7.13. The molecule has 4 nitrogen and oxygen atoms in total. The molecule has 0 bridgehead atoms. The van der Waals surface area contributed by atoms with E-state index in [4.69, 9.17) is 21.1 Å². The van der Waals surface area contributed by atoms with Gasteiger partial charge in [0.2, 0.25) is 0 Å². The molecule has 1 aliphatic heterocycles. The lowest BCUT2D eigenvalue weighted by Crippen LogP contribution is -2.34. The van der Waals surface area contributed by atoms with Gasteiger partial charge in [0, 0.05) is 13.1 Å². The summed E-state index contributed by atoms with van der Waals surface area (Å²) in [6.07, 6.45) is 2.69. The van der Waals surface area contributed by atoms with E-state index in [1.54, 1.807) is 4.90 Å². The van der Waals surface area contributed by atoms with Crippen LogP contribution in [0.2, 0.25) is 0 Å². The van der Waals surface area contributed by atoms with Crippen LogP contribution in [0.1, 0.15) is 33.6 Å². The molecule has 0 saturated carbocycles. The summed E-state index contributed by atoms with van der Waals surface area (Å²) in [5.41, 5.74) is -0.361. The molecule has 1 rings (SSSR count). The number of ether oxygens (including phenoxy) is 1. The quantitative estimate of drug-likeness (QED) is 0.530. The first-order valence-corrected chi connectivity index (χ1v) is 5.91. The monoisotopic (exact) mass is 249 g/mol. The molecule has 16 heavy (non-hydrogen) atoms. The number of aldehydes is 1. The third kappa shape index (κ3) is 7.51. The minimum absolute atomic E-state index is 0.111. The molecule has 0 aromatic heterocycles. The van der Waals surface area contributed by atoms with Crippen LogP contribution in [0.25, 0.3) is 0 Å². The first-order chi connectivity index (χ1) is 7.40. The summed E-state index contributed by atoms with van der Waals surface area (Å²) in [6.45, 7) is 7.38. The summed E-state index contributed by atoms with van der Waals surface area (Å²) in [7, 11) is 0. The van der Waals surface area contributed by atoms with Gasteiger partial charge in [-0.3, -0.25) is 0 Å². The molecule has 1 fully saturated rings. The Morgan fingerprint density at radius 2 is 1.81 bits per heavy atom. The predicted octanol–water partition coefficient (Wildman–Crippen LogP) is 2.44. The van der Waals surface area contributed by atoms with E-state index in [2.05, 4.69) is 0 Å². The van der Waals surface area contributed by atoms with Gasteiger partial charge in [0.15, 0.2) is 0 Å². The average Bonchev–Trinajstić information content (AvgIpc) is 2.68. The van der Waals surface area contributed by atoms with Gasteiger partial charge >= 0.3 is 6.09 Å². The van der Waals surface area contributed by atoms with Crippen LogP contribution in [0.5, 0.6) is 0 Å². The number of amides is 1. The van der Waals surface area contributed by atoms with Crippen molar-refractivity contribution in [2.75, 3.05) is 19.0 Å². The molecule has 1 heterocycles. The number of carbonyl (C=O) groups is 2. The molecule has 0 radical (unpaired) electrons. The first-order valence-electron chi connectivity index (χ1n) is 5.38. The third-order valence-electron chi connectivity index (χ3n) is 1.82. The molecule has 0 spiro atoms. The molecule has 0 aromatic rings. The van der Waals surface area contributed by atoms with Crippen LogP contribution in [0.15, 0.2) is 0 Å². The lowest BCUT2D eigenvalue weighted by Gasteiger charge is -2.23. The summed E-state index contributed by atoms with van der Waals surface area (Å²) >= 11 is 4.82. The maximum atomic E-state index is 11.4. The number of carbonyl (C=O) groups excluding carboxylic acids is 2. The van der Waals surface area contributed by atoms with E-state index >= 15 is 0 Å². The zero-order chi connectivity index (χ0) is 12.6. The van der Waals surface area contributed by atoms with Gasteiger partial charge in [-0.05, 0) is 33.6 Å². The highest BCUT2D eigenvalue weighted by atomic mass is 35.5. The number of rotatable bonds is 1. The van der Waals surface area contributed by atoms with Crippen molar-refractivity contribution in [3.05, 3.63) is 0 Å². The molecule has 0 aromatic carbocycles. The maximum absolute atomic E-state index is 11.4. The fourth-order valence-electron chi connectivity index (χ4n) is 1.23. The largest absolute Gasteiger partial charge is 0.444 e. The summed E-state index contributed by atoms with van der Waals surface area (Å²) in [4.78, 5) is 22.2. The van der Waals surface area contributed by atoms with Crippen molar-refractivity contribution < 1.29 is 14.3 Å². The fraction of sp³-hybridized carbons (Fsp3) is 0.818. The van der Waals surface area contributed by atoms with Gasteiger partial charge in [-0.2, -0.15) is 0 Å². The van der Waals surface area contributed by atoms with Crippen LogP contribution in [0.4, 0.5) is 4.79 Å². The molecule has 0 unspecified atom stereocenters. The second kappa shape index (κ2) is 7.49. The van der Waals surface area contributed by atoms with Gasteiger partial charge in [-0.25, -0.2) is 4.79 Å². The molecule has 0 aliphatic carbocycles. The van der Waals surface area contributed by atoms with Gasteiger partial charge in [0.05, 0.1) is 5.88 Å². The molecule has 1 saturated heterocycles. The highest BCUT2D eigenvalue weighted by molar-refractivity contribution is 6.24. The Hall–Kier alpha value is -0.770. The van der Waals surface area contributed by atoms with Gasteiger partial charge in [0.25, 0.3) is 0 Å². The van der Waals surface area contributed by atoms with Gasteiger partial charge in [-0.15, -0.1) is 11.6 Å². The molecule has 5 heteroatoms. The maximum Gasteiger partial charge on any atom is 0.410 e. The third-order valence-corrected chi connectivity index (χ3v) is 1.95. The van der Waals surface area contributed by atoms with E-state index in [9.17, 15) is 4.79 Å². The lowest BCUT2D eigenvalue weighted by molar-refractivity contribution is -0.105. The van der Waals surface area contributed by atoms with Gasteiger partial charge < -0.3 is 14.4 Å². The van der Waals surface area contributed by atoms with Crippen molar-refractivity contribution in [2.45, 2.75) is 39.2 Å². The smallest absolute Gasteiger partial charge is 0.410 e. The molecule has 0 N–H and O–H groups in total. The van der Waals surface area contributed by atoms with E-state index in [0.717, 1.165) is 25.9 Å². The summed E-state index contributed by atoms with van der Waals surface area (Å²) in [5, 5.41) is 0.